The molecule has 1 aromatic heterocycles. The maximum absolute atomic E-state index is 12.6. The molecule has 2 aliphatic rings. The number of amides is 2. The van der Waals surface area contributed by atoms with Gasteiger partial charge in [-0.3, -0.25) is 9.69 Å². The van der Waals surface area contributed by atoms with Gasteiger partial charge in [0.2, 0.25) is 0 Å². The van der Waals surface area contributed by atoms with Crippen LogP contribution in [0.4, 0.5) is 4.79 Å². The van der Waals surface area contributed by atoms with Crippen LogP contribution in [0.3, 0.4) is 0 Å². The molecule has 2 aliphatic heterocycles. The van der Waals surface area contributed by atoms with Crippen LogP contribution in [0, 0.1) is 0 Å². The monoisotopic (exact) mass is 369 g/mol. The second kappa shape index (κ2) is 7.61. The number of hydrogen-bond acceptors (Lipinski definition) is 4. The highest BCUT2D eigenvalue weighted by Gasteiger charge is 2.37. The number of H-pyrrole nitrogens is 1. The zero-order chi connectivity index (χ0) is 18.0. The first kappa shape index (κ1) is 18.0. The van der Waals surface area contributed by atoms with E-state index in [0.29, 0.717) is 31.1 Å². The number of nitrogens with one attached hydrogen (secondary N) is 2. The molecule has 2 saturated heterocycles. The van der Waals surface area contributed by atoms with Crippen molar-refractivity contribution in [2.75, 3.05) is 26.2 Å². The molecule has 2 unspecified atom stereocenters. The van der Waals surface area contributed by atoms with Gasteiger partial charge in [-0.25, -0.2) is 9.78 Å². The molecule has 0 bridgehead atoms. The average Bonchev–Trinajstić information content (AvgIpc) is 3.24. The lowest BCUT2D eigenvalue weighted by Gasteiger charge is -2.42. The molecule has 2 atom stereocenters. The summed E-state index contributed by atoms with van der Waals surface area (Å²) in [6.45, 7) is 4.66. The van der Waals surface area contributed by atoms with E-state index in [1.807, 2.05) is 6.92 Å². The van der Waals surface area contributed by atoms with Crippen LogP contribution in [-0.2, 0) is 6.42 Å². The van der Waals surface area contributed by atoms with Crippen molar-refractivity contribution in [2.45, 2.75) is 44.7 Å². The van der Waals surface area contributed by atoms with Crippen molar-refractivity contribution in [3.8, 4) is 0 Å². The maximum atomic E-state index is 12.6. The largest absolute Gasteiger partial charge is 0.465 e. The smallest absolute Gasteiger partial charge is 0.407 e. The third-order valence-corrected chi connectivity index (χ3v) is 5.39. The van der Waals surface area contributed by atoms with Gasteiger partial charge >= 0.3 is 6.09 Å². The zero-order valence-electron chi connectivity index (χ0n) is 14.3. The van der Waals surface area contributed by atoms with Crippen molar-refractivity contribution >= 4 is 23.6 Å². The fourth-order valence-electron chi connectivity index (χ4n) is 3.68. The minimum Gasteiger partial charge on any atom is -0.465 e. The van der Waals surface area contributed by atoms with Gasteiger partial charge in [-0.05, 0) is 38.8 Å². The maximum Gasteiger partial charge on any atom is 0.407 e. The topological polar surface area (TPSA) is 102 Å². The fourth-order valence-corrected chi connectivity index (χ4v) is 3.95. The number of carbonyl (C=O) groups excluding carboxylic acids is 1. The second-order valence-electron chi connectivity index (χ2n) is 6.62. The van der Waals surface area contributed by atoms with Gasteiger partial charge in [-0.1, -0.05) is 18.5 Å². The van der Waals surface area contributed by atoms with Crippen LogP contribution in [0.15, 0.2) is 0 Å². The Balaban J connectivity index is 1.71. The molecule has 0 saturated carbocycles. The molecule has 0 aromatic carbocycles. The van der Waals surface area contributed by atoms with Crippen LogP contribution in [0.25, 0.3) is 0 Å². The van der Waals surface area contributed by atoms with Gasteiger partial charge in [0.1, 0.15) is 0 Å². The predicted octanol–water partition coefficient (Wildman–Crippen LogP) is 1.57. The van der Waals surface area contributed by atoms with Crippen LogP contribution in [0.1, 0.15) is 42.5 Å². The Morgan fingerprint density at radius 3 is 2.68 bits per heavy atom. The number of hydrogen-bond donors (Lipinski definition) is 3. The Labute approximate surface area is 151 Å². The Morgan fingerprint density at radius 1 is 1.36 bits per heavy atom. The molecule has 3 rings (SSSR count). The van der Waals surface area contributed by atoms with Gasteiger partial charge in [0.25, 0.3) is 5.91 Å². The molecule has 3 N–H and O–H groups in total. The van der Waals surface area contributed by atoms with Crippen molar-refractivity contribution in [2.24, 2.45) is 0 Å². The highest BCUT2D eigenvalue weighted by molar-refractivity contribution is 6.30. The molecule has 0 radical (unpaired) electrons. The summed E-state index contributed by atoms with van der Waals surface area (Å²) in [5, 5.41) is 12.7. The van der Waals surface area contributed by atoms with Gasteiger partial charge in [0.15, 0.2) is 11.0 Å². The number of halogens is 1. The van der Waals surface area contributed by atoms with Crippen LogP contribution < -0.4 is 5.32 Å². The fraction of sp³-hybridized carbons (Fsp3) is 0.688. The number of rotatable bonds is 4. The molecule has 3 heterocycles. The van der Waals surface area contributed by atoms with E-state index in [4.69, 9.17) is 11.6 Å². The van der Waals surface area contributed by atoms with E-state index in [1.165, 1.54) is 4.90 Å². The van der Waals surface area contributed by atoms with E-state index in [2.05, 4.69) is 20.2 Å². The van der Waals surface area contributed by atoms with Gasteiger partial charge in [-0.15, -0.1) is 0 Å². The van der Waals surface area contributed by atoms with Crippen LogP contribution in [-0.4, -0.2) is 75.1 Å². The van der Waals surface area contributed by atoms with Gasteiger partial charge in [0, 0.05) is 25.2 Å². The van der Waals surface area contributed by atoms with E-state index in [1.54, 1.807) is 0 Å². The summed E-state index contributed by atoms with van der Waals surface area (Å²) >= 11 is 6.02. The first-order valence-corrected chi connectivity index (χ1v) is 9.14. The normalized spacial score (nSPS) is 24.5. The molecular formula is C16H24ClN5O3. The first-order valence-electron chi connectivity index (χ1n) is 8.76. The molecule has 25 heavy (non-hydrogen) atoms. The number of nitrogens with zero attached hydrogens (tertiary/aromatic N) is 3. The van der Waals surface area contributed by atoms with Gasteiger partial charge in [0.05, 0.1) is 5.69 Å². The number of imidazole rings is 1. The summed E-state index contributed by atoms with van der Waals surface area (Å²) in [6, 6.07) is -0.109. The molecule has 0 aliphatic carbocycles. The third-order valence-electron chi connectivity index (χ3n) is 5.08. The van der Waals surface area contributed by atoms with Crippen molar-refractivity contribution < 1.29 is 14.7 Å². The van der Waals surface area contributed by atoms with Gasteiger partial charge < -0.3 is 20.3 Å². The first-order chi connectivity index (χ1) is 12.0. The SMILES string of the molecule is CCc1[nH]c(C(=O)NC2CCN(C(=O)O)CC2N2CCCC2)nc1Cl. The summed E-state index contributed by atoms with van der Waals surface area (Å²) in [5.74, 6) is -0.0812. The number of piperidine rings is 1. The summed E-state index contributed by atoms with van der Waals surface area (Å²) in [6.07, 6.45) is 2.58. The highest BCUT2D eigenvalue weighted by atomic mass is 35.5. The Bertz CT molecular complexity index is 644. The van der Waals surface area contributed by atoms with Gasteiger partial charge in [-0.2, -0.15) is 0 Å². The van der Waals surface area contributed by atoms with Crippen LogP contribution >= 0.6 is 11.6 Å². The average molecular weight is 370 g/mol. The number of aryl methyl sites for hydroxylation is 1. The molecule has 9 heteroatoms. The number of likely N-dealkylation sites (tertiary alicyclic amines) is 2. The Kier molecular flexibility index (Phi) is 5.48. The molecule has 138 valence electrons. The quantitative estimate of drug-likeness (QED) is 0.747. The summed E-state index contributed by atoms with van der Waals surface area (Å²) < 4.78 is 0. The number of aromatic amines is 1. The number of carbonyl (C=O) groups is 2. The highest BCUT2D eigenvalue weighted by Crippen LogP contribution is 2.22. The lowest BCUT2D eigenvalue weighted by molar-refractivity contribution is 0.0675. The lowest BCUT2D eigenvalue weighted by Crippen LogP contribution is -2.60. The van der Waals surface area contributed by atoms with E-state index >= 15 is 0 Å². The molecule has 2 fully saturated rings. The van der Waals surface area contributed by atoms with Crippen molar-refractivity contribution in [3.63, 3.8) is 0 Å². The lowest BCUT2D eigenvalue weighted by atomic mass is 9.98. The van der Waals surface area contributed by atoms with E-state index in [9.17, 15) is 14.7 Å². The van der Waals surface area contributed by atoms with E-state index in [-0.39, 0.29) is 23.8 Å². The molecule has 2 amide bonds. The molecule has 8 nitrogen and oxygen atoms in total. The Hall–Kier alpha value is -1.80. The standard InChI is InChI=1S/C16H24ClN5O3/c1-2-10-13(17)20-14(18-10)15(23)19-11-5-8-22(16(24)25)9-12(11)21-6-3-4-7-21/h11-12H,2-9H2,1H3,(H,18,20)(H,19,23)(H,24,25). The van der Waals surface area contributed by atoms with Crippen LogP contribution in [0.2, 0.25) is 5.15 Å². The minimum atomic E-state index is -0.903. The van der Waals surface area contributed by atoms with Crippen LogP contribution in [0.5, 0.6) is 0 Å². The van der Waals surface area contributed by atoms with Crippen molar-refractivity contribution in [1.29, 1.82) is 0 Å². The molecule has 1 aromatic rings. The minimum absolute atomic E-state index is 0.00706. The number of aromatic nitrogens is 2. The predicted molar refractivity (Wildman–Crippen MR) is 93.0 cm³/mol. The van der Waals surface area contributed by atoms with E-state index < -0.39 is 6.09 Å². The Morgan fingerprint density at radius 2 is 2.08 bits per heavy atom. The number of carboxylic acid groups (broad SMARTS) is 1. The van der Waals surface area contributed by atoms with Crippen molar-refractivity contribution in [1.82, 2.24) is 25.1 Å². The molecular weight excluding hydrogens is 346 g/mol. The third kappa shape index (κ3) is 3.90. The van der Waals surface area contributed by atoms with Crippen molar-refractivity contribution in [3.05, 3.63) is 16.7 Å². The molecule has 0 spiro atoms. The second-order valence-corrected chi connectivity index (χ2v) is 6.97. The summed E-state index contributed by atoms with van der Waals surface area (Å²) in [7, 11) is 0. The zero-order valence-corrected chi connectivity index (χ0v) is 15.1. The summed E-state index contributed by atoms with van der Waals surface area (Å²) in [4.78, 5) is 34.7. The summed E-state index contributed by atoms with van der Waals surface area (Å²) in [5.41, 5.74) is 0.739. The van der Waals surface area contributed by atoms with E-state index in [0.717, 1.165) is 31.6 Å².